The van der Waals surface area contributed by atoms with Crippen LogP contribution in [0.4, 0.5) is 17.1 Å². The number of hydrogen-bond donors (Lipinski definition) is 4. The zero-order valence-corrected chi connectivity index (χ0v) is 17.5. The Balaban J connectivity index is 1.94. The van der Waals surface area contributed by atoms with Crippen LogP contribution in [0.25, 0.3) is 0 Å². The molecule has 2 aromatic rings. The van der Waals surface area contributed by atoms with Crippen LogP contribution in [0, 0.1) is 6.92 Å². The summed E-state index contributed by atoms with van der Waals surface area (Å²) in [6, 6.07) is 12.3. The minimum atomic E-state index is -0.244. The van der Waals surface area contributed by atoms with Crippen molar-refractivity contribution in [3.8, 4) is 0 Å². The first-order chi connectivity index (χ1) is 14.4. The number of ether oxygens (including phenoxy) is 1. The molecule has 0 atom stereocenters. The Kier molecular flexibility index (Phi) is 8.83. The second-order valence-corrected chi connectivity index (χ2v) is 6.61. The summed E-state index contributed by atoms with van der Waals surface area (Å²) < 4.78 is 4.91. The number of carbonyl (C=O) groups is 3. The molecule has 8 nitrogen and oxygen atoms in total. The van der Waals surface area contributed by atoms with E-state index in [2.05, 4.69) is 21.3 Å². The van der Waals surface area contributed by atoms with Crippen molar-refractivity contribution in [2.24, 2.45) is 0 Å². The van der Waals surface area contributed by atoms with Crippen LogP contribution in [0.2, 0.25) is 0 Å². The van der Waals surface area contributed by atoms with Gasteiger partial charge in [-0.2, -0.15) is 0 Å². The Labute approximate surface area is 176 Å². The van der Waals surface area contributed by atoms with Crippen molar-refractivity contribution in [1.29, 1.82) is 0 Å². The van der Waals surface area contributed by atoms with Gasteiger partial charge in [0.05, 0.1) is 13.2 Å². The molecule has 0 bridgehead atoms. The van der Waals surface area contributed by atoms with Gasteiger partial charge in [0.2, 0.25) is 11.8 Å². The fourth-order valence-electron chi connectivity index (χ4n) is 2.66. The quantitative estimate of drug-likeness (QED) is 0.449. The smallest absolute Gasteiger partial charge is 0.251 e. The summed E-state index contributed by atoms with van der Waals surface area (Å²) in [4.78, 5) is 36.1. The Bertz CT molecular complexity index is 898. The van der Waals surface area contributed by atoms with Crippen molar-refractivity contribution >= 4 is 34.8 Å². The van der Waals surface area contributed by atoms with Gasteiger partial charge in [0.25, 0.3) is 5.91 Å². The summed E-state index contributed by atoms with van der Waals surface area (Å²) >= 11 is 0. The summed E-state index contributed by atoms with van der Waals surface area (Å²) in [7, 11) is 1.57. The molecule has 4 N–H and O–H groups in total. The molecule has 0 unspecified atom stereocenters. The second kappa shape index (κ2) is 11.6. The number of methoxy groups -OCH3 is 1. The van der Waals surface area contributed by atoms with E-state index in [-0.39, 0.29) is 24.3 Å². The largest absolute Gasteiger partial charge is 0.383 e. The van der Waals surface area contributed by atoms with Crippen LogP contribution in [0.5, 0.6) is 0 Å². The van der Waals surface area contributed by atoms with Crippen LogP contribution in [0.1, 0.15) is 29.3 Å². The van der Waals surface area contributed by atoms with Crippen LogP contribution in [-0.2, 0) is 14.3 Å². The van der Waals surface area contributed by atoms with Crippen molar-refractivity contribution in [1.82, 2.24) is 5.32 Å². The normalized spacial score (nSPS) is 10.2. The first-order valence-electron chi connectivity index (χ1n) is 9.75. The maximum atomic E-state index is 12.4. The summed E-state index contributed by atoms with van der Waals surface area (Å²) in [6.45, 7) is 4.50. The van der Waals surface area contributed by atoms with Crippen LogP contribution in [-0.4, -0.2) is 44.5 Å². The Morgan fingerprint density at radius 1 is 0.967 bits per heavy atom. The van der Waals surface area contributed by atoms with E-state index in [1.54, 1.807) is 56.5 Å². The standard InChI is InChI=1S/C22H28N4O4/c1-4-20(27)25-18-9-6-10-19(15(18)2)26-21(28)14-24-17-8-5-7-16(13-17)22(29)23-11-12-30-3/h5-10,13,24H,4,11-12,14H2,1-3H3,(H,23,29)(H,25,27)(H,26,28). The molecular weight excluding hydrogens is 384 g/mol. The molecular formula is C22H28N4O4. The molecule has 30 heavy (non-hydrogen) atoms. The molecule has 0 heterocycles. The van der Waals surface area contributed by atoms with Gasteiger partial charge in [-0.05, 0) is 42.8 Å². The highest BCUT2D eigenvalue weighted by atomic mass is 16.5. The molecule has 0 fully saturated rings. The highest BCUT2D eigenvalue weighted by molar-refractivity contribution is 5.98. The fourth-order valence-corrected chi connectivity index (χ4v) is 2.66. The van der Waals surface area contributed by atoms with E-state index in [1.165, 1.54) is 0 Å². The minimum Gasteiger partial charge on any atom is -0.383 e. The fraction of sp³-hybridized carbons (Fsp3) is 0.318. The zero-order valence-electron chi connectivity index (χ0n) is 17.5. The Morgan fingerprint density at radius 3 is 2.30 bits per heavy atom. The minimum absolute atomic E-state index is 0.0275. The summed E-state index contributed by atoms with van der Waals surface area (Å²) in [5, 5.41) is 11.4. The molecule has 8 heteroatoms. The third-order valence-corrected chi connectivity index (χ3v) is 4.37. The van der Waals surface area contributed by atoms with Crippen molar-refractivity contribution in [3.05, 3.63) is 53.6 Å². The Hall–Kier alpha value is -3.39. The predicted octanol–water partition coefficient (Wildman–Crippen LogP) is 2.77. The van der Waals surface area contributed by atoms with Gasteiger partial charge in [-0.1, -0.05) is 19.1 Å². The summed E-state index contributed by atoms with van der Waals surface area (Å²) in [5.74, 6) is -0.539. The molecule has 0 aromatic heterocycles. The molecule has 0 radical (unpaired) electrons. The highest BCUT2D eigenvalue weighted by Gasteiger charge is 2.10. The van der Waals surface area contributed by atoms with Crippen molar-refractivity contribution in [3.63, 3.8) is 0 Å². The molecule has 0 aliphatic rings. The first-order valence-corrected chi connectivity index (χ1v) is 9.75. The molecule has 0 spiro atoms. The third-order valence-electron chi connectivity index (χ3n) is 4.37. The van der Waals surface area contributed by atoms with Gasteiger partial charge in [0.1, 0.15) is 0 Å². The van der Waals surface area contributed by atoms with E-state index >= 15 is 0 Å². The highest BCUT2D eigenvalue weighted by Crippen LogP contribution is 2.23. The van der Waals surface area contributed by atoms with Gasteiger partial charge in [-0.15, -0.1) is 0 Å². The second-order valence-electron chi connectivity index (χ2n) is 6.61. The number of hydrogen-bond acceptors (Lipinski definition) is 5. The summed E-state index contributed by atoms with van der Waals surface area (Å²) in [5.41, 5.74) is 3.22. The molecule has 0 aliphatic heterocycles. The molecule has 3 amide bonds. The maximum Gasteiger partial charge on any atom is 0.251 e. The lowest BCUT2D eigenvalue weighted by Crippen LogP contribution is -2.27. The van der Waals surface area contributed by atoms with Crippen LogP contribution in [0.3, 0.4) is 0 Å². The molecule has 2 aromatic carbocycles. The van der Waals surface area contributed by atoms with E-state index in [9.17, 15) is 14.4 Å². The predicted molar refractivity (Wildman–Crippen MR) is 118 cm³/mol. The van der Waals surface area contributed by atoms with Gasteiger partial charge >= 0.3 is 0 Å². The SMILES string of the molecule is CCC(=O)Nc1cccc(NC(=O)CNc2cccc(C(=O)NCCOC)c2)c1C. The lowest BCUT2D eigenvalue weighted by atomic mass is 10.1. The van der Waals surface area contributed by atoms with E-state index in [0.29, 0.717) is 42.2 Å². The molecule has 0 saturated carbocycles. The number of anilines is 3. The van der Waals surface area contributed by atoms with Crippen molar-refractivity contribution in [2.75, 3.05) is 42.8 Å². The molecule has 160 valence electrons. The van der Waals surface area contributed by atoms with Gasteiger partial charge in [0, 0.05) is 42.7 Å². The number of benzene rings is 2. The molecule has 0 saturated heterocycles. The van der Waals surface area contributed by atoms with Gasteiger partial charge < -0.3 is 26.0 Å². The number of nitrogens with one attached hydrogen (secondary N) is 4. The Morgan fingerprint density at radius 2 is 1.63 bits per heavy atom. The topological polar surface area (TPSA) is 109 Å². The third kappa shape index (κ3) is 6.89. The average Bonchev–Trinajstić information content (AvgIpc) is 2.75. The average molecular weight is 412 g/mol. The van der Waals surface area contributed by atoms with Crippen LogP contribution < -0.4 is 21.3 Å². The van der Waals surface area contributed by atoms with Gasteiger partial charge in [0.15, 0.2) is 0 Å². The van der Waals surface area contributed by atoms with Crippen molar-refractivity contribution in [2.45, 2.75) is 20.3 Å². The number of carbonyl (C=O) groups excluding carboxylic acids is 3. The lowest BCUT2D eigenvalue weighted by Gasteiger charge is -2.14. The number of rotatable bonds is 10. The van der Waals surface area contributed by atoms with Gasteiger partial charge in [-0.25, -0.2) is 0 Å². The van der Waals surface area contributed by atoms with Crippen LogP contribution in [0.15, 0.2) is 42.5 Å². The first kappa shape index (κ1) is 22.9. The van der Waals surface area contributed by atoms with Crippen molar-refractivity contribution < 1.29 is 19.1 Å². The maximum absolute atomic E-state index is 12.4. The van der Waals surface area contributed by atoms with E-state index < -0.39 is 0 Å². The lowest BCUT2D eigenvalue weighted by molar-refractivity contribution is -0.116. The zero-order chi connectivity index (χ0) is 21.9. The van der Waals surface area contributed by atoms with E-state index in [0.717, 1.165) is 5.56 Å². The van der Waals surface area contributed by atoms with Crippen LogP contribution >= 0.6 is 0 Å². The number of amides is 3. The van der Waals surface area contributed by atoms with E-state index in [1.807, 2.05) is 6.92 Å². The molecule has 0 aliphatic carbocycles. The summed E-state index contributed by atoms with van der Waals surface area (Å²) in [6.07, 6.45) is 0.378. The van der Waals surface area contributed by atoms with Gasteiger partial charge in [-0.3, -0.25) is 14.4 Å². The monoisotopic (exact) mass is 412 g/mol. The van der Waals surface area contributed by atoms with E-state index in [4.69, 9.17) is 4.74 Å². The molecule has 2 rings (SSSR count).